The Kier molecular flexibility index (Phi) is 6.11. The third-order valence-electron chi connectivity index (χ3n) is 1.75. The number of aromatic nitrogens is 1. The lowest BCUT2D eigenvalue weighted by Crippen LogP contribution is -2.55. The third kappa shape index (κ3) is 6.25. The quantitative estimate of drug-likeness (QED) is 0.677. The lowest BCUT2D eigenvalue weighted by Gasteiger charge is -2.26. The Morgan fingerprint density at radius 3 is 1.52 bits per heavy atom. The van der Waals surface area contributed by atoms with Gasteiger partial charge in [-0.2, -0.15) is 39.2 Å². The molecular formula is C9H8F7NO3S. The van der Waals surface area contributed by atoms with Crippen LogP contribution in [-0.2, 0) is 10.1 Å². The van der Waals surface area contributed by atoms with Crippen LogP contribution in [0.3, 0.4) is 0 Å². The van der Waals surface area contributed by atoms with Gasteiger partial charge in [0.2, 0.25) is 0 Å². The van der Waals surface area contributed by atoms with Crippen LogP contribution in [0.4, 0.5) is 30.7 Å². The lowest BCUT2D eigenvalue weighted by molar-refractivity contribution is -0.348. The monoisotopic (exact) mass is 343 g/mol. The first-order chi connectivity index (χ1) is 9.21. The van der Waals surface area contributed by atoms with Crippen LogP contribution in [0.25, 0.3) is 0 Å². The molecule has 0 spiro atoms. The average molecular weight is 343 g/mol. The average Bonchev–Trinajstić information content (AvgIpc) is 2.27. The van der Waals surface area contributed by atoms with E-state index in [1.807, 2.05) is 18.2 Å². The van der Waals surface area contributed by atoms with Gasteiger partial charge < -0.3 is 0 Å². The molecule has 0 saturated carbocycles. The predicted molar refractivity (Wildman–Crippen MR) is 56.6 cm³/mol. The van der Waals surface area contributed by atoms with E-state index in [-0.39, 0.29) is 0 Å². The van der Waals surface area contributed by atoms with E-state index >= 15 is 0 Å². The molecule has 122 valence electrons. The Morgan fingerprint density at radius 1 is 0.905 bits per heavy atom. The smallest absolute Gasteiger partial charge is 0.285 e. The van der Waals surface area contributed by atoms with Crippen molar-refractivity contribution in [1.29, 1.82) is 0 Å². The molecular weight excluding hydrogens is 335 g/mol. The molecule has 1 rings (SSSR count). The molecule has 0 unspecified atom stereocenters. The van der Waals surface area contributed by atoms with Crippen molar-refractivity contribution >= 4 is 10.1 Å². The second-order valence-corrected chi connectivity index (χ2v) is 4.98. The summed E-state index contributed by atoms with van der Waals surface area (Å²) < 4.78 is 110. The van der Waals surface area contributed by atoms with Gasteiger partial charge in [0, 0.05) is 12.4 Å². The number of hydrogen-bond donors (Lipinski definition) is 1. The highest BCUT2D eigenvalue weighted by Crippen LogP contribution is 2.46. The van der Waals surface area contributed by atoms with E-state index < -0.39 is 33.9 Å². The molecule has 0 aromatic carbocycles. The first-order valence-corrected chi connectivity index (χ1v) is 6.44. The molecule has 0 aliphatic heterocycles. The summed E-state index contributed by atoms with van der Waals surface area (Å²) in [5.74, 6) is -15.5. The summed E-state index contributed by atoms with van der Waals surface area (Å²) in [5, 5.41) is 0. The predicted octanol–water partition coefficient (Wildman–Crippen LogP) is 2.79. The Balaban J connectivity index is 0.000000547. The first-order valence-electron chi connectivity index (χ1n) is 4.83. The molecule has 0 atom stereocenters. The van der Waals surface area contributed by atoms with Gasteiger partial charge in [0.15, 0.2) is 0 Å². The highest BCUT2D eigenvalue weighted by Gasteiger charge is 2.73. The molecule has 12 heteroatoms. The van der Waals surface area contributed by atoms with Crippen molar-refractivity contribution in [2.24, 2.45) is 0 Å². The van der Waals surface area contributed by atoms with Gasteiger partial charge in [-0.25, -0.2) is 0 Å². The Labute approximate surface area is 114 Å². The lowest BCUT2D eigenvalue weighted by atomic mass is 10.2. The van der Waals surface area contributed by atoms with Crippen LogP contribution in [0.1, 0.15) is 0 Å². The zero-order valence-electron chi connectivity index (χ0n) is 9.86. The maximum Gasteiger partial charge on any atom is 0.459 e. The summed E-state index contributed by atoms with van der Waals surface area (Å²) in [6.45, 7) is 0. The van der Waals surface area contributed by atoms with Gasteiger partial charge in [-0.1, -0.05) is 6.07 Å². The van der Waals surface area contributed by atoms with E-state index in [1.165, 1.54) is 0 Å². The van der Waals surface area contributed by atoms with E-state index in [4.69, 9.17) is 4.55 Å². The van der Waals surface area contributed by atoms with Crippen molar-refractivity contribution in [2.75, 3.05) is 5.75 Å². The zero-order chi connectivity index (χ0) is 16.9. The number of alkyl halides is 7. The van der Waals surface area contributed by atoms with Crippen LogP contribution in [0.15, 0.2) is 30.6 Å². The van der Waals surface area contributed by atoms with Crippen LogP contribution in [-0.4, -0.2) is 41.7 Å². The molecule has 0 saturated heterocycles. The van der Waals surface area contributed by atoms with Crippen LogP contribution in [0.2, 0.25) is 0 Å². The standard InChI is InChI=1S/C5H5N.C4H3F7O3S/c1-2-4-6-5-3-1;5-2(6,1-15(12,13)14)3(7,8)4(9,10)11/h1-5H;1H2,(H,12,13,14). The molecule has 0 aliphatic carbocycles. The van der Waals surface area contributed by atoms with Crippen LogP contribution in [0, 0.1) is 0 Å². The van der Waals surface area contributed by atoms with Crippen molar-refractivity contribution in [3.8, 4) is 0 Å². The number of pyridine rings is 1. The van der Waals surface area contributed by atoms with E-state index in [0.717, 1.165) is 0 Å². The van der Waals surface area contributed by atoms with Crippen molar-refractivity contribution in [3.05, 3.63) is 30.6 Å². The second-order valence-electron chi connectivity index (χ2n) is 3.53. The van der Waals surface area contributed by atoms with Crippen LogP contribution >= 0.6 is 0 Å². The number of nitrogens with zero attached hydrogens (tertiary/aromatic N) is 1. The first kappa shape index (κ1) is 19.6. The fourth-order valence-electron chi connectivity index (χ4n) is 0.840. The molecule has 0 aliphatic rings. The minimum Gasteiger partial charge on any atom is -0.285 e. The SMILES string of the molecule is O=S(=O)(O)CC(F)(F)C(F)(F)C(F)(F)F.c1ccncc1. The van der Waals surface area contributed by atoms with Gasteiger partial charge >= 0.3 is 18.0 Å². The van der Waals surface area contributed by atoms with Gasteiger partial charge in [-0.3, -0.25) is 9.54 Å². The van der Waals surface area contributed by atoms with E-state index in [2.05, 4.69) is 4.98 Å². The van der Waals surface area contributed by atoms with E-state index in [9.17, 15) is 39.2 Å². The third-order valence-corrected chi connectivity index (χ3v) is 2.47. The minimum atomic E-state index is -6.61. The van der Waals surface area contributed by atoms with Gasteiger partial charge in [-0.15, -0.1) is 0 Å². The Morgan fingerprint density at radius 2 is 1.33 bits per heavy atom. The molecule has 0 fully saturated rings. The minimum absolute atomic E-state index is 1.75. The molecule has 0 bridgehead atoms. The summed E-state index contributed by atoms with van der Waals surface area (Å²) in [6.07, 6.45) is -3.11. The van der Waals surface area contributed by atoms with Gasteiger partial charge in [-0.05, 0) is 12.1 Å². The molecule has 1 aromatic heterocycles. The topological polar surface area (TPSA) is 67.3 Å². The van der Waals surface area contributed by atoms with Crippen molar-refractivity contribution < 1.29 is 43.7 Å². The Hall–Kier alpha value is -1.43. The molecule has 0 radical (unpaired) electrons. The van der Waals surface area contributed by atoms with Gasteiger partial charge in [0.25, 0.3) is 10.1 Å². The fraction of sp³-hybridized carbons (Fsp3) is 0.444. The summed E-state index contributed by atoms with van der Waals surface area (Å²) in [7, 11) is -5.66. The summed E-state index contributed by atoms with van der Waals surface area (Å²) in [6, 6.07) is 5.72. The van der Waals surface area contributed by atoms with Crippen molar-refractivity contribution in [1.82, 2.24) is 4.98 Å². The van der Waals surface area contributed by atoms with Crippen molar-refractivity contribution in [3.63, 3.8) is 0 Å². The second kappa shape index (κ2) is 6.56. The fourth-order valence-corrected chi connectivity index (χ4v) is 1.48. The van der Waals surface area contributed by atoms with Gasteiger partial charge in [0.05, 0.1) is 0 Å². The number of hydrogen-bond acceptors (Lipinski definition) is 3. The molecule has 1 N–H and O–H groups in total. The molecule has 21 heavy (non-hydrogen) atoms. The molecule has 1 aromatic rings. The number of halogens is 7. The van der Waals surface area contributed by atoms with E-state index in [1.54, 1.807) is 12.4 Å². The molecule has 4 nitrogen and oxygen atoms in total. The van der Waals surface area contributed by atoms with Crippen LogP contribution < -0.4 is 0 Å². The van der Waals surface area contributed by atoms with Gasteiger partial charge in [0.1, 0.15) is 5.75 Å². The van der Waals surface area contributed by atoms with Crippen LogP contribution in [0.5, 0.6) is 0 Å². The maximum absolute atomic E-state index is 12.2. The largest absolute Gasteiger partial charge is 0.459 e. The summed E-state index contributed by atoms with van der Waals surface area (Å²) >= 11 is 0. The van der Waals surface area contributed by atoms with Crippen molar-refractivity contribution in [2.45, 2.75) is 18.0 Å². The molecule has 0 amide bonds. The van der Waals surface area contributed by atoms with E-state index in [0.29, 0.717) is 0 Å². The molecule has 1 heterocycles. The highest BCUT2D eigenvalue weighted by atomic mass is 32.2. The zero-order valence-corrected chi connectivity index (χ0v) is 10.7. The maximum atomic E-state index is 12.2. The summed E-state index contributed by atoms with van der Waals surface area (Å²) in [4.78, 5) is 3.78. The normalized spacial score (nSPS) is 13.3. The number of rotatable bonds is 3. The highest BCUT2D eigenvalue weighted by molar-refractivity contribution is 7.85. The Bertz CT molecular complexity index is 503. The summed E-state index contributed by atoms with van der Waals surface area (Å²) in [5.41, 5.74) is 0.